The minimum atomic E-state index is -0.221. The molecule has 82 valence electrons. The number of carbonyl (C=O) groups is 1. The molecule has 0 aliphatic carbocycles. The van der Waals surface area contributed by atoms with Gasteiger partial charge in [-0.05, 0) is 18.2 Å². The van der Waals surface area contributed by atoms with Crippen LogP contribution in [0.4, 0.5) is 5.69 Å². The number of anilines is 1. The Labute approximate surface area is 92.6 Å². The lowest BCUT2D eigenvalue weighted by atomic mass is 10.3. The molecule has 0 aliphatic rings. The van der Waals surface area contributed by atoms with Crippen molar-refractivity contribution in [1.82, 2.24) is 9.94 Å². The first-order valence-corrected chi connectivity index (χ1v) is 4.82. The lowest BCUT2D eigenvalue weighted by Gasteiger charge is -2.06. The van der Waals surface area contributed by atoms with E-state index in [4.69, 9.17) is 4.84 Å². The van der Waals surface area contributed by atoms with E-state index in [1.54, 1.807) is 18.5 Å². The van der Waals surface area contributed by atoms with Gasteiger partial charge in [0.1, 0.15) is 0 Å². The fraction of sp³-hybridized carbons (Fsp3) is 0.0909. The SMILES string of the molecule is O=C(COn1cccn1)Nc1ccccc1. The Kier molecular flexibility index (Phi) is 3.18. The third-order valence-corrected chi connectivity index (χ3v) is 1.87. The zero-order chi connectivity index (χ0) is 11.2. The van der Waals surface area contributed by atoms with Crippen molar-refractivity contribution in [2.45, 2.75) is 0 Å². The number of para-hydroxylation sites is 1. The van der Waals surface area contributed by atoms with Crippen LogP contribution in [-0.4, -0.2) is 22.5 Å². The second kappa shape index (κ2) is 4.97. The van der Waals surface area contributed by atoms with Gasteiger partial charge in [-0.3, -0.25) is 4.79 Å². The van der Waals surface area contributed by atoms with Crippen molar-refractivity contribution in [3.63, 3.8) is 0 Å². The highest BCUT2D eigenvalue weighted by atomic mass is 16.7. The Balaban J connectivity index is 1.81. The van der Waals surface area contributed by atoms with Crippen LogP contribution in [0.1, 0.15) is 0 Å². The van der Waals surface area contributed by atoms with Gasteiger partial charge in [0.25, 0.3) is 5.91 Å². The van der Waals surface area contributed by atoms with Crippen molar-refractivity contribution in [1.29, 1.82) is 0 Å². The second-order valence-corrected chi connectivity index (χ2v) is 3.10. The molecule has 1 amide bonds. The molecule has 1 heterocycles. The van der Waals surface area contributed by atoms with Crippen LogP contribution in [0.5, 0.6) is 0 Å². The summed E-state index contributed by atoms with van der Waals surface area (Å²) in [6.07, 6.45) is 3.20. The third-order valence-electron chi connectivity index (χ3n) is 1.87. The molecule has 1 aromatic heterocycles. The molecule has 0 spiro atoms. The Bertz CT molecular complexity index is 440. The summed E-state index contributed by atoms with van der Waals surface area (Å²) in [6.45, 7) is -0.0728. The van der Waals surface area contributed by atoms with Crippen LogP contribution in [0.15, 0.2) is 48.8 Å². The Morgan fingerprint density at radius 1 is 1.31 bits per heavy atom. The molecular formula is C11H11N3O2. The van der Waals surface area contributed by atoms with E-state index in [1.165, 1.54) is 4.85 Å². The standard InChI is InChI=1S/C11H11N3O2/c15-11(9-16-14-8-4-7-12-14)13-10-5-2-1-3-6-10/h1-8H,9H2,(H,13,15). The van der Waals surface area contributed by atoms with E-state index in [0.29, 0.717) is 0 Å². The average Bonchev–Trinajstić information content (AvgIpc) is 2.81. The zero-order valence-corrected chi connectivity index (χ0v) is 8.54. The zero-order valence-electron chi connectivity index (χ0n) is 8.54. The van der Waals surface area contributed by atoms with Crippen LogP contribution in [0.3, 0.4) is 0 Å². The van der Waals surface area contributed by atoms with Crippen LogP contribution >= 0.6 is 0 Å². The van der Waals surface area contributed by atoms with Gasteiger partial charge in [-0.15, -0.1) is 9.94 Å². The molecule has 0 bridgehead atoms. The number of nitrogens with one attached hydrogen (secondary N) is 1. The van der Waals surface area contributed by atoms with Crippen molar-refractivity contribution in [3.05, 3.63) is 48.8 Å². The van der Waals surface area contributed by atoms with Gasteiger partial charge in [0.2, 0.25) is 0 Å². The maximum atomic E-state index is 11.4. The number of benzene rings is 1. The van der Waals surface area contributed by atoms with Gasteiger partial charge in [0.05, 0.1) is 12.4 Å². The van der Waals surface area contributed by atoms with Gasteiger partial charge in [0, 0.05) is 5.69 Å². The summed E-state index contributed by atoms with van der Waals surface area (Å²) in [5, 5.41) is 6.51. The monoisotopic (exact) mass is 217 g/mol. The fourth-order valence-corrected chi connectivity index (χ4v) is 1.17. The molecule has 0 radical (unpaired) electrons. The number of aromatic nitrogens is 2. The quantitative estimate of drug-likeness (QED) is 0.829. The Morgan fingerprint density at radius 2 is 2.12 bits per heavy atom. The van der Waals surface area contributed by atoms with E-state index in [0.717, 1.165) is 5.69 Å². The summed E-state index contributed by atoms with van der Waals surface area (Å²) in [7, 11) is 0. The highest BCUT2D eigenvalue weighted by Gasteiger charge is 2.02. The molecule has 0 fully saturated rings. The summed E-state index contributed by atoms with van der Waals surface area (Å²) in [5.74, 6) is -0.221. The van der Waals surface area contributed by atoms with Crippen LogP contribution in [-0.2, 0) is 4.79 Å². The number of rotatable bonds is 4. The maximum absolute atomic E-state index is 11.4. The van der Waals surface area contributed by atoms with E-state index >= 15 is 0 Å². The Morgan fingerprint density at radius 3 is 2.81 bits per heavy atom. The van der Waals surface area contributed by atoms with Crippen molar-refractivity contribution in [2.75, 3.05) is 11.9 Å². The van der Waals surface area contributed by atoms with E-state index in [9.17, 15) is 4.79 Å². The van der Waals surface area contributed by atoms with Crippen LogP contribution < -0.4 is 10.2 Å². The van der Waals surface area contributed by atoms with Crippen molar-refractivity contribution >= 4 is 11.6 Å². The molecule has 2 rings (SSSR count). The predicted molar refractivity (Wildman–Crippen MR) is 58.7 cm³/mol. The van der Waals surface area contributed by atoms with Gasteiger partial charge >= 0.3 is 0 Å². The predicted octanol–water partition coefficient (Wildman–Crippen LogP) is 0.950. The smallest absolute Gasteiger partial charge is 0.265 e. The molecule has 5 heteroatoms. The molecule has 1 N–H and O–H groups in total. The molecule has 5 nitrogen and oxygen atoms in total. The highest BCUT2D eigenvalue weighted by molar-refractivity contribution is 5.91. The average molecular weight is 217 g/mol. The highest BCUT2D eigenvalue weighted by Crippen LogP contribution is 2.03. The molecule has 0 saturated heterocycles. The first-order chi connectivity index (χ1) is 7.84. The normalized spacial score (nSPS) is 9.75. The second-order valence-electron chi connectivity index (χ2n) is 3.10. The third kappa shape index (κ3) is 2.84. The molecule has 1 aromatic carbocycles. The largest absolute Gasteiger partial charge is 0.387 e. The molecule has 16 heavy (non-hydrogen) atoms. The van der Waals surface area contributed by atoms with E-state index < -0.39 is 0 Å². The van der Waals surface area contributed by atoms with Crippen LogP contribution in [0.25, 0.3) is 0 Å². The van der Waals surface area contributed by atoms with E-state index in [-0.39, 0.29) is 12.5 Å². The van der Waals surface area contributed by atoms with Gasteiger partial charge in [0.15, 0.2) is 6.61 Å². The number of hydrogen-bond donors (Lipinski definition) is 1. The van der Waals surface area contributed by atoms with Crippen molar-refractivity contribution < 1.29 is 9.63 Å². The van der Waals surface area contributed by atoms with E-state index in [2.05, 4.69) is 10.4 Å². The lowest BCUT2D eigenvalue weighted by molar-refractivity contribution is -0.121. The maximum Gasteiger partial charge on any atom is 0.265 e. The Hall–Kier alpha value is -2.30. The molecule has 0 saturated carbocycles. The number of hydrogen-bond acceptors (Lipinski definition) is 3. The molecule has 0 unspecified atom stereocenters. The van der Waals surface area contributed by atoms with Crippen molar-refractivity contribution in [2.24, 2.45) is 0 Å². The molecule has 0 atom stereocenters. The number of nitrogens with zero attached hydrogens (tertiary/aromatic N) is 2. The summed E-state index contributed by atoms with van der Waals surface area (Å²) < 4.78 is 0. The summed E-state index contributed by atoms with van der Waals surface area (Å²) in [5.41, 5.74) is 0.747. The molecule has 2 aromatic rings. The molecular weight excluding hydrogens is 206 g/mol. The van der Waals surface area contributed by atoms with Gasteiger partial charge < -0.3 is 10.2 Å². The number of carbonyl (C=O) groups excluding carboxylic acids is 1. The summed E-state index contributed by atoms with van der Waals surface area (Å²) in [6, 6.07) is 10.9. The lowest BCUT2D eigenvalue weighted by Crippen LogP contribution is -2.25. The first kappa shape index (κ1) is 10.2. The first-order valence-electron chi connectivity index (χ1n) is 4.82. The number of amides is 1. The van der Waals surface area contributed by atoms with Gasteiger partial charge in [-0.25, -0.2) is 0 Å². The van der Waals surface area contributed by atoms with E-state index in [1.807, 2.05) is 30.3 Å². The topological polar surface area (TPSA) is 56.2 Å². The van der Waals surface area contributed by atoms with Crippen molar-refractivity contribution in [3.8, 4) is 0 Å². The minimum Gasteiger partial charge on any atom is -0.387 e. The van der Waals surface area contributed by atoms with Gasteiger partial charge in [-0.1, -0.05) is 18.2 Å². The van der Waals surface area contributed by atoms with Crippen LogP contribution in [0.2, 0.25) is 0 Å². The van der Waals surface area contributed by atoms with Gasteiger partial charge in [-0.2, -0.15) is 0 Å². The fourth-order valence-electron chi connectivity index (χ4n) is 1.17. The minimum absolute atomic E-state index is 0.0728. The molecule has 0 aliphatic heterocycles. The van der Waals surface area contributed by atoms with Crippen LogP contribution in [0, 0.1) is 0 Å². The summed E-state index contributed by atoms with van der Waals surface area (Å²) >= 11 is 0. The summed E-state index contributed by atoms with van der Waals surface area (Å²) in [4.78, 5) is 17.7.